The molecule has 3 N–H and O–H groups in total. The molecule has 2 aliphatic carbocycles. The summed E-state index contributed by atoms with van der Waals surface area (Å²) in [5.74, 6) is -0.279. The molecule has 1 fully saturated rings. The second-order valence-corrected chi connectivity index (χ2v) is 13.6. The maximum atomic E-state index is 14.5. The number of unbranched alkanes of at least 4 members (excludes halogenated alkanes) is 2. The number of carbonyl (C=O) groups excluding carboxylic acids is 1. The third-order valence-electron chi connectivity index (χ3n) is 10.5. The average molecular weight is 691 g/mol. The monoisotopic (exact) mass is 690 g/mol. The van der Waals surface area contributed by atoms with Crippen molar-refractivity contribution in [3.8, 4) is 17.2 Å². The smallest absolute Gasteiger partial charge is 0.239 e. The number of aliphatic hydroxyl groups excluding tert-OH is 2. The Hall–Kier alpha value is -3.86. The zero-order valence-corrected chi connectivity index (χ0v) is 29.8. The Balaban J connectivity index is 1.72. The van der Waals surface area contributed by atoms with Crippen molar-refractivity contribution in [3.63, 3.8) is 0 Å². The minimum Gasteiger partial charge on any atom is -0.508 e. The number of carbonyl (C=O) groups is 1. The van der Waals surface area contributed by atoms with E-state index >= 15 is 0 Å². The number of rotatable bonds is 18. The van der Waals surface area contributed by atoms with Crippen molar-refractivity contribution >= 4 is 11.6 Å². The molecule has 2 aromatic carbocycles. The number of aromatic hydroxyl groups is 1. The molecule has 0 bridgehead atoms. The number of aliphatic hydroxyl groups is 2. The van der Waals surface area contributed by atoms with Gasteiger partial charge in [-0.25, -0.2) is 0 Å². The number of phenolic OH excluding ortho intramolecular Hbond substituents is 1. The van der Waals surface area contributed by atoms with Crippen molar-refractivity contribution in [2.24, 2.45) is 22.9 Å². The highest BCUT2D eigenvalue weighted by molar-refractivity contribution is 6.03. The number of ether oxygens (including phenoxy) is 3. The molecule has 0 aromatic heterocycles. The second-order valence-electron chi connectivity index (χ2n) is 13.6. The number of allylic oxidation sites excluding steroid dienone is 1. The van der Waals surface area contributed by atoms with Crippen LogP contribution in [0.15, 0.2) is 71.9 Å². The molecule has 2 aromatic rings. The Morgan fingerprint density at radius 2 is 1.88 bits per heavy atom. The van der Waals surface area contributed by atoms with Crippen molar-refractivity contribution in [2.75, 3.05) is 40.6 Å². The maximum Gasteiger partial charge on any atom is 0.239 e. The highest BCUT2D eigenvalue weighted by atomic mass is 16.7. The van der Waals surface area contributed by atoms with Gasteiger partial charge in [0.25, 0.3) is 0 Å². The number of oxime groups is 1. The van der Waals surface area contributed by atoms with Crippen LogP contribution >= 0.6 is 0 Å². The largest absolute Gasteiger partial charge is 0.508 e. The van der Waals surface area contributed by atoms with Gasteiger partial charge < -0.3 is 39.3 Å². The van der Waals surface area contributed by atoms with Crippen LogP contribution in [0.1, 0.15) is 75.3 Å². The highest BCUT2D eigenvalue weighted by Gasteiger charge is 2.65. The number of hydrogen-bond donors (Lipinski definition) is 3. The van der Waals surface area contributed by atoms with Gasteiger partial charge in [-0.1, -0.05) is 49.2 Å². The van der Waals surface area contributed by atoms with Crippen LogP contribution in [-0.4, -0.2) is 84.3 Å². The number of benzene rings is 2. The zero-order chi connectivity index (χ0) is 35.7. The Kier molecular flexibility index (Phi) is 13.0. The van der Waals surface area contributed by atoms with Crippen molar-refractivity contribution < 1.29 is 39.2 Å². The van der Waals surface area contributed by atoms with Gasteiger partial charge in [0.2, 0.25) is 11.7 Å². The summed E-state index contributed by atoms with van der Waals surface area (Å²) in [4.78, 5) is 21.9. The Bertz CT molecular complexity index is 1520. The highest BCUT2D eigenvalue weighted by Crippen LogP contribution is 2.61. The summed E-state index contributed by atoms with van der Waals surface area (Å²) in [6, 6.07) is 12.2. The number of phenols is 1. The minimum absolute atomic E-state index is 0.0651. The molecular weight excluding hydrogens is 636 g/mol. The first-order valence-electron chi connectivity index (χ1n) is 18.1. The van der Waals surface area contributed by atoms with Crippen LogP contribution in [-0.2, 0) is 20.8 Å². The van der Waals surface area contributed by atoms with Gasteiger partial charge >= 0.3 is 0 Å². The lowest BCUT2D eigenvalue weighted by molar-refractivity contribution is -0.257. The van der Waals surface area contributed by atoms with Gasteiger partial charge in [0.05, 0.1) is 31.8 Å². The summed E-state index contributed by atoms with van der Waals surface area (Å²) >= 11 is 0. The number of fused-ring (bicyclic) bond motifs is 2. The predicted octanol–water partition coefficient (Wildman–Crippen LogP) is 6.15. The van der Waals surface area contributed by atoms with Gasteiger partial charge in [0, 0.05) is 37.7 Å². The molecular formula is C40H54N2O8. The molecule has 3 aliphatic rings. The van der Waals surface area contributed by atoms with E-state index in [2.05, 4.69) is 24.7 Å². The van der Waals surface area contributed by atoms with E-state index in [1.807, 2.05) is 35.2 Å². The summed E-state index contributed by atoms with van der Waals surface area (Å²) in [5, 5.41) is 34.9. The summed E-state index contributed by atoms with van der Waals surface area (Å²) in [6.45, 7) is 6.93. The van der Waals surface area contributed by atoms with Crippen molar-refractivity contribution in [1.82, 2.24) is 4.90 Å². The Morgan fingerprint density at radius 3 is 2.58 bits per heavy atom. The molecule has 6 atom stereocenters. The van der Waals surface area contributed by atoms with Crippen LogP contribution in [0.2, 0.25) is 0 Å². The van der Waals surface area contributed by atoms with Gasteiger partial charge in [-0.15, -0.1) is 6.58 Å². The molecule has 0 radical (unpaired) electrons. The van der Waals surface area contributed by atoms with Gasteiger partial charge in [-0.3, -0.25) is 4.79 Å². The fourth-order valence-corrected chi connectivity index (χ4v) is 8.52. The van der Waals surface area contributed by atoms with E-state index in [1.165, 1.54) is 7.11 Å². The first kappa shape index (κ1) is 37.4. The Morgan fingerprint density at radius 1 is 1.10 bits per heavy atom. The van der Waals surface area contributed by atoms with E-state index in [9.17, 15) is 20.1 Å². The lowest BCUT2D eigenvalue weighted by Gasteiger charge is -2.60. The van der Waals surface area contributed by atoms with E-state index in [-0.39, 0.29) is 55.7 Å². The minimum atomic E-state index is -1.31. The molecule has 0 spiro atoms. The molecule has 50 heavy (non-hydrogen) atoms. The fourth-order valence-electron chi connectivity index (χ4n) is 8.52. The van der Waals surface area contributed by atoms with Crippen LogP contribution in [0.3, 0.4) is 0 Å². The number of nitrogens with zero attached hydrogens (tertiary/aromatic N) is 2. The standard InChI is InChI=1S/C40H54N2O8/c1-5-18-42(37(46)23-27-12-11-14-30(22-27)47-3)36-26-34(41-48-4)32-24-28(13-7-9-19-43)31(15-8-10-20-44)38-33-25-29(45)16-17-35(33)50-40(36,39(32)38)49-21-6-2/h6,11-12,14,16-17,22,24-25,28,31,36,38-39,43-45H,2,5,7-10,13,15,18-21,23,26H2,1,3-4H3/t28-,31+,36-,38+,39+,40+/m0/s1. The number of methoxy groups -OCH3 is 1. The van der Waals surface area contributed by atoms with E-state index in [0.717, 1.165) is 48.1 Å². The van der Waals surface area contributed by atoms with Crippen LogP contribution in [0.4, 0.5) is 0 Å². The SMILES string of the molecule is C=CCO[C@@]12Oc3ccc(O)cc3[C@H]3[C@H](CCCCO)[C@@H](CCCCO)C=C(C(=NOC)C[C@@H]1N(CCC)C(=O)Cc1cccc(OC)c1)[C@H]32. The molecule has 10 heteroatoms. The van der Waals surface area contributed by atoms with Gasteiger partial charge in [-0.05, 0) is 85.4 Å². The molecule has 1 amide bonds. The van der Waals surface area contributed by atoms with Crippen molar-refractivity contribution in [2.45, 2.75) is 82.5 Å². The third-order valence-corrected chi connectivity index (χ3v) is 10.5. The molecule has 1 saturated carbocycles. The van der Waals surface area contributed by atoms with E-state index < -0.39 is 17.7 Å². The van der Waals surface area contributed by atoms with E-state index in [0.29, 0.717) is 43.7 Å². The van der Waals surface area contributed by atoms with Crippen molar-refractivity contribution in [3.05, 3.63) is 77.9 Å². The number of amides is 1. The van der Waals surface area contributed by atoms with Gasteiger partial charge in [-0.2, -0.15) is 0 Å². The van der Waals surface area contributed by atoms with Crippen molar-refractivity contribution in [1.29, 1.82) is 0 Å². The fraction of sp³-hybridized carbons (Fsp3) is 0.550. The van der Waals surface area contributed by atoms with Crippen LogP contribution < -0.4 is 9.47 Å². The van der Waals surface area contributed by atoms with Crippen LogP contribution in [0.25, 0.3) is 0 Å². The normalized spacial score (nSPS) is 25.9. The molecule has 0 unspecified atom stereocenters. The zero-order valence-electron chi connectivity index (χ0n) is 29.8. The second kappa shape index (κ2) is 17.4. The van der Waals surface area contributed by atoms with Crippen LogP contribution in [0, 0.1) is 17.8 Å². The molecule has 1 aliphatic heterocycles. The molecule has 0 saturated heterocycles. The lowest BCUT2D eigenvalue weighted by atomic mass is 9.55. The van der Waals surface area contributed by atoms with Gasteiger partial charge in [0.15, 0.2) is 0 Å². The molecule has 10 nitrogen and oxygen atoms in total. The third kappa shape index (κ3) is 7.72. The molecule has 272 valence electrons. The van der Waals surface area contributed by atoms with E-state index in [1.54, 1.807) is 25.3 Å². The predicted molar refractivity (Wildman–Crippen MR) is 192 cm³/mol. The Labute approximate surface area is 296 Å². The topological polar surface area (TPSA) is 130 Å². The molecule has 5 rings (SSSR count). The molecule has 1 heterocycles. The van der Waals surface area contributed by atoms with E-state index in [4.69, 9.17) is 19.0 Å². The first-order chi connectivity index (χ1) is 24.3. The maximum absolute atomic E-state index is 14.5. The van der Waals surface area contributed by atoms with Crippen LogP contribution in [0.5, 0.6) is 17.2 Å². The summed E-state index contributed by atoms with van der Waals surface area (Å²) in [6.07, 6.45) is 9.98. The summed E-state index contributed by atoms with van der Waals surface area (Å²) < 4.78 is 19.5. The number of hydrogen-bond acceptors (Lipinski definition) is 9. The average Bonchev–Trinajstić information content (AvgIpc) is 3.12. The summed E-state index contributed by atoms with van der Waals surface area (Å²) in [5.41, 5.74) is 3.44. The summed E-state index contributed by atoms with van der Waals surface area (Å²) in [7, 11) is 3.15. The lowest BCUT2D eigenvalue weighted by Crippen LogP contribution is -2.70. The first-order valence-corrected chi connectivity index (χ1v) is 18.1. The quantitative estimate of drug-likeness (QED) is 0.0966. The van der Waals surface area contributed by atoms with Gasteiger partial charge in [0.1, 0.15) is 30.4 Å².